The van der Waals surface area contributed by atoms with E-state index in [4.69, 9.17) is 11.6 Å². The lowest BCUT2D eigenvalue weighted by Gasteiger charge is -2.03. The van der Waals surface area contributed by atoms with E-state index in [9.17, 15) is 0 Å². The van der Waals surface area contributed by atoms with Crippen LogP contribution in [0.2, 0.25) is 5.02 Å². The van der Waals surface area contributed by atoms with E-state index >= 15 is 0 Å². The maximum absolute atomic E-state index is 5.91. The first-order valence-electron chi connectivity index (χ1n) is 6.68. The molecule has 1 heterocycles. The molecule has 3 rings (SSSR count). The Kier molecular flexibility index (Phi) is 3.72. The van der Waals surface area contributed by atoms with Gasteiger partial charge in [0, 0.05) is 18.1 Å². The molecule has 0 radical (unpaired) electrons. The lowest BCUT2D eigenvalue weighted by molar-refractivity contribution is 0.896. The number of benzene rings is 2. The summed E-state index contributed by atoms with van der Waals surface area (Å²) < 4.78 is 0. The van der Waals surface area contributed by atoms with Gasteiger partial charge >= 0.3 is 0 Å². The van der Waals surface area contributed by atoms with Gasteiger partial charge in [-0.05, 0) is 40.0 Å². The summed E-state index contributed by atoms with van der Waals surface area (Å²) in [6.45, 7) is 5.87. The lowest BCUT2D eigenvalue weighted by atomic mass is 10.0. The molecular formula is C18H16ClN. The number of halogens is 1. The Morgan fingerprint density at radius 1 is 0.900 bits per heavy atom. The first-order chi connectivity index (χ1) is 9.72. The number of hydrogen-bond donors (Lipinski definition) is 1. The summed E-state index contributed by atoms with van der Waals surface area (Å²) in [6, 6.07) is 16.5. The molecule has 1 fully saturated rings. The zero-order valence-electron chi connectivity index (χ0n) is 11.2. The molecule has 0 atom stereocenters. The summed E-state index contributed by atoms with van der Waals surface area (Å²) in [5, 5.41) is 4.07. The highest BCUT2D eigenvalue weighted by atomic mass is 35.5. The smallest absolute Gasteiger partial charge is 0.0406 e. The highest BCUT2D eigenvalue weighted by Crippen LogP contribution is 2.23. The minimum atomic E-state index is 0.766. The van der Waals surface area contributed by atoms with Crippen molar-refractivity contribution in [2.45, 2.75) is 0 Å². The van der Waals surface area contributed by atoms with E-state index < -0.39 is 0 Å². The molecule has 1 saturated heterocycles. The Balaban J connectivity index is 1.84. The summed E-state index contributed by atoms with van der Waals surface area (Å²) in [4.78, 5) is 0. The molecule has 0 unspecified atom stereocenters. The van der Waals surface area contributed by atoms with Crippen molar-refractivity contribution in [3.63, 3.8) is 0 Å². The molecule has 2 aromatic rings. The van der Waals surface area contributed by atoms with Crippen LogP contribution in [-0.4, -0.2) is 13.1 Å². The molecule has 2 heteroatoms. The summed E-state index contributed by atoms with van der Waals surface area (Å²) >= 11 is 5.91. The molecule has 2 aromatic carbocycles. The van der Waals surface area contributed by atoms with Gasteiger partial charge in [0.15, 0.2) is 0 Å². The van der Waals surface area contributed by atoms with Crippen LogP contribution >= 0.6 is 11.6 Å². The van der Waals surface area contributed by atoms with Crippen LogP contribution in [0.25, 0.3) is 17.2 Å². The van der Waals surface area contributed by atoms with Crippen molar-refractivity contribution < 1.29 is 0 Å². The molecule has 0 spiro atoms. The fraction of sp³-hybridized carbons (Fsp3) is 0.111. The van der Waals surface area contributed by atoms with Crippen molar-refractivity contribution in [2.75, 3.05) is 13.1 Å². The van der Waals surface area contributed by atoms with E-state index in [-0.39, 0.29) is 0 Å². The van der Waals surface area contributed by atoms with Gasteiger partial charge in [-0.25, -0.2) is 0 Å². The Labute approximate surface area is 124 Å². The largest absolute Gasteiger partial charge is 0.309 e. The quantitative estimate of drug-likeness (QED) is 0.851. The topological polar surface area (TPSA) is 12.0 Å². The molecule has 1 aliphatic rings. The second kappa shape index (κ2) is 5.66. The molecule has 1 nitrogen and oxygen atoms in total. The van der Waals surface area contributed by atoms with Gasteiger partial charge in [-0.15, -0.1) is 0 Å². The van der Waals surface area contributed by atoms with Crippen molar-refractivity contribution in [1.29, 1.82) is 0 Å². The SMILES string of the molecule is C=C1CNCC1=Cc1ccc(-c2ccc(Cl)cc2)cc1. The highest BCUT2D eigenvalue weighted by molar-refractivity contribution is 6.30. The molecule has 0 aromatic heterocycles. The molecule has 20 heavy (non-hydrogen) atoms. The molecule has 1 aliphatic heterocycles. The van der Waals surface area contributed by atoms with Gasteiger partial charge in [-0.3, -0.25) is 0 Å². The van der Waals surface area contributed by atoms with Crippen molar-refractivity contribution >= 4 is 17.7 Å². The second-order valence-electron chi connectivity index (χ2n) is 5.01. The van der Waals surface area contributed by atoms with Gasteiger partial charge in [-0.1, -0.05) is 60.7 Å². The van der Waals surface area contributed by atoms with Crippen molar-refractivity contribution in [3.05, 3.63) is 76.8 Å². The predicted molar refractivity (Wildman–Crippen MR) is 86.9 cm³/mol. The minimum Gasteiger partial charge on any atom is -0.309 e. The normalized spacial score (nSPS) is 16.9. The fourth-order valence-electron chi connectivity index (χ4n) is 2.35. The third kappa shape index (κ3) is 2.84. The van der Waals surface area contributed by atoms with E-state index in [2.05, 4.69) is 42.2 Å². The average molecular weight is 282 g/mol. The number of nitrogens with one attached hydrogen (secondary N) is 1. The van der Waals surface area contributed by atoms with Crippen molar-refractivity contribution in [2.24, 2.45) is 0 Å². The molecule has 100 valence electrons. The van der Waals surface area contributed by atoms with Gasteiger partial charge in [0.25, 0.3) is 0 Å². The lowest BCUT2D eigenvalue weighted by Crippen LogP contribution is -2.04. The highest BCUT2D eigenvalue weighted by Gasteiger charge is 2.09. The molecule has 0 amide bonds. The Morgan fingerprint density at radius 3 is 2.05 bits per heavy atom. The maximum Gasteiger partial charge on any atom is 0.0406 e. The minimum absolute atomic E-state index is 0.766. The third-order valence-electron chi connectivity index (χ3n) is 3.54. The van der Waals surface area contributed by atoms with Crippen LogP contribution in [0.4, 0.5) is 0 Å². The Hall–Kier alpha value is -1.83. The third-order valence-corrected chi connectivity index (χ3v) is 3.79. The summed E-state index contributed by atoms with van der Waals surface area (Å²) in [5.41, 5.74) is 6.08. The van der Waals surface area contributed by atoms with E-state index in [0.717, 1.165) is 18.1 Å². The van der Waals surface area contributed by atoms with Crippen LogP contribution in [-0.2, 0) is 0 Å². The van der Waals surface area contributed by atoms with Crippen LogP contribution in [0.1, 0.15) is 5.56 Å². The van der Waals surface area contributed by atoms with Gasteiger partial charge in [0.05, 0.1) is 0 Å². The van der Waals surface area contributed by atoms with Gasteiger partial charge in [0.1, 0.15) is 0 Å². The zero-order valence-corrected chi connectivity index (χ0v) is 12.0. The van der Waals surface area contributed by atoms with E-state index in [0.29, 0.717) is 0 Å². The molecule has 1 N–H and O–H groups in total. The van der Waals surface area contributed by atoms with E-state index in [1.54, 1.807) is 0 Å². The van der Waals surface area contributed by atoms with Crippen molar-refractivity contribution in [3.8, 4) is 11.1 Å². The Bertz CT molecular complexity index is 651. The van der Waals surface area contributed by atoms with Crippen LogP contribution < -0.4 is 5.32 Å². The average Bonchev–Trinajstić information content (AvgIpc) is 2.86. The Morgan fingerprint density at radius 2 is 1.50 bits per heavy atom. The summed E-state index contributed by atoms with van der Waals surface area (Å²) in [7, 11) is 0. The first kappa shape index (κ1) is 13.2. The summed E-state index contributed by atoms with van der Waals surface area (Å²) in [6.07, 6.45) is 2.20. The van der Waals surface area contributed by atoms with Crippen LogP contribution in [0.15, 0.2) is 66.3 Å². The number of hydrogen-bond acceptors (Lipinski definition) is 1. The van der Waals surface area contributed by atoms with Gasteiger partial charge in [0.2, 0.25) is 0 Å². The van der Waals surface area contributed by atoms with Gasteiger partial charge < -0.3 is 5.32 Å². The van der Waals surface area contributed by atoms with E-state index in [1.807, 2.05) is 24.3 Å². The monoisotopic (exact) mass is 281 g/mol. The van der Waals surface area contributed by atoms with Crippen LogP contribution in [0.5, 0.6) is 0 Å². The summed E-state index contributed by atoms with van der Waals surface area (Å²) in [5.74, 6) is 0. The van der Waals surface area contributed by atoms with Gasteiger partial charge in [-0.2, -0.15) is 0 Å². The molecule has 0 aliphatic carbocycles. The van der Waals surface area contributed by atoms with E-state index in [1.165, 1.54) is 27.8 Å². The molecule has 0 bridgehead atoms. The second-order valence-corrected chi connectivity index (χ2v) is 5.44. The molecule has 0 saturated carbocycles. The fourth-order valence-corrected chi connectivity index (χ4v) is 2.48. The zero-order chi connectivity index (χ0) is 13.9. The standard InChI is InChI=1S/C18H16ClN/c1-13-11-20-12-17(13)10-14-2-4-15(5-3-14)16-6-8-18(19)9-7-16/h2-10,20H,1,11-12H2. The first-order valence-corrected chi connectivity index (χ1v) is 7.05. The van der Waals surface area contributed by atoms with Crippen LogP contribution in [0.3, 0.4) is 0 Å². The van der Waals surface area contributed by atoms with Crippen molar-refractivity contribution in [1.82, 2.24) is 5.32 Å². The maximum atomic E-state index is 5.91. The predicted octanol–water partition coefficient (Wildman–Crippen LogP) is 4.55. The van der Waals surface area contributed by atoms with Crippen LogP contribution in [0, 0.1) is 0 Å². The number of rotatable bonds is 2. The molecular weight excluding hydrogens is 266 g/mol.